The molecule has 0 saturated carbocycles. The van der Waals surface area contributed by atoms with Crippen LogP contribution in [0.2, 0.25) is 5.02 Å². The zero-order valence-corrected chi connectivity index (χ0v) is 9.44. The third-order valence-corrected chi connectivity index (χ3v) is 3.00. The minimum absolute atomic E-state index is 0.489. The van der Waals surface area contributed by atoms with E-state index in [-0.39, 0.29) is 0 Å². The van der Waals surface area contributed by atoms with E-state index < -0.39 is 5.97 Å². The lowest BCUT2D eigenvalue weighted by molar-refractivity contribution is -0.132. The van der Waals surface area contributed by atoms with Crippen molar-refractivity contribution >= 4 is 23.3 Å². The van der Waals surface area contributed by atoms with Crippen LogP contribution < -0.4 is 4.90 Å². The van der Waals surface area contributed by atoms with Crippen LogP contribution in [0.1, 0.15) is 6.42 Å². The quantitative estimate of drug-likeness (QED) is 0.860. The molecule has 0 amide bonds. The summed E-state index contributed by atoms with van der Waals surface area (Å²) in [6.45, 7) is 1.30. The van der Waals surface area contributed by atoms with Gasteiger partial charge >= 0.3 is 5.97 Å². The van der Waals surface area contributed by atoms with Crippen molar-refractivity contribution in [3.05, 3.63) is 40.9 Å². The molecule has 0 saturated heterocycles. The maximum Gasteiger partial charge on any atom is 0.331 e. The fourth-order valence-corrected chi connectivity index (χ4v) is 2.05. The molecule has 16 heavy (non-hydrogen) atoms. The highest BCUT2D eigenvalue weighted by molar-refractivity contribution is 6.33. The minimum atomic E-state index is -0.821. The third kappa shape index (κ3) is 2.19. The number of hydrogen-bond acceptors (Lipinski definition) is 2. The molecule has 4 heteroatoms. The summed E-state index contributed by atoms with van der Waals surface area (Å²) in [5.41, 5.74) is 1.45. The normalized spacial score (nSPS) is 15.8. The first kappa shape index (κ1) is 11.0. The molecule has 1 aliphatic heterocycles. The second-order valence-electron chi connectivity index (χ2n) is 3.68. The highest BCUT2D eigenvalue weighted by atomic mass is 35.5. The molecule has 1 aromatic carbocycles. The van der Waals surface area contributed by atoms with Crippen molar-refractivity contribution in [3.63, 3.8) is 0 Å². The third-order valence-electron chi connectivity index (χ3n) is 2.68. The lowest BCUT2D eigenvalue weighted by Gasteiger charge is -2.28. The number of anilines is 1. The average Bonchev–Trinajstić information content (AvgIpc) is 2.30. The van der Waals surface area contributed by atoms with Crippen molar-refractivity contribution in [2.24, 2.45) is 0 Å². The fourth-order valence-electron chi connectivity index (χ4n) is 1.79. The van der Waals surface area contributed by atoms with Gasteiger partial charge in [-0.25, -0.2) is 4.79 Å². The van der Waals surface area contributed by atoms with Crippen LogP contribution in [0.4, 0.5) is 5.69 Å². The number of nitrogens with zero attached hydrogens (tertiary/aromatic N) is 1. The van der Waals surface area contributed by atoms with Crippen LogP contribution in [0, 0.1) is 0 Å². The highest BCUT2D eigenvalue weighted by Gasteiger charge is 2.17. The smallest absolute Gasteiger partial charge is 0.331 e. The van der Waals surface area contributed by atoms with Crippen molar-refractivity contribution in [2.45, 2.75) is 6.42 Å². The Balaban J connectivity index is 2.16. The zero-order valence-electron chi connectivity index (χ0n) is 8.69. The summed E-state index contributed by atoms with van der Waals surface area (Å²) in [6, 6.07) is 7.60. The molecule has 1 N–H and O–H groups in total. The molecule has 1 aliphatic rings. The van der Waals surface area contributed by atoms with Crippen molar-refractivity contribution in [3.8, 4) is 0 Å². The van der Waals surface area contributed by atoms with Gasteiger partial charge in [0.15, 0.2) is 0 Å². The summed E-state index contributed by atoms with van der Waals surface area (Å²) in [7, 11) is 0. The Kier molecular flexibility index (Phi) is 3.15. The number of benzene rings is 1. The van der Waals surface area contributed by atoms with Gasteiger partial charge in [0.1, 0.15) is 0 Å². The molecule has 1 heterocycles. The largest absolute Gasteiger partial charge is 0.478 e. The maximum absolute atomic E-state index is 10.8. The second-order valence-corrected chi connectivity index (χ2v) is 4.09. The molecule has 2 rings (SSSR count). The van der Waals surface area contributed by atoms with E-state index in [0.717, 1.165) is 5.69 Å². The molecular weight excluding hydrogens is 226 g/mol. The predicted octanol–water partition coefficient (Wildman–Crippen LogP) is 2.56. The van der Waals surface area contributed by atoms with Gasteiger partial charge in [0, 0.05) is 18.7 Å². The van der Waals surface area contributed by atoms with Crippen molar-refractivity contribution in [1.29, 1.82) is 0 Å². The van der Waals surface area contributed by atoms with Crippen molar-refractivity contribution < 1.29 is 9.90 Å². The Morgan fingerprint density at radius 1 is 1.38 bits per heavy atom. The van der Waals surface area contributed by atoms with Gasteiger partial charge in [-0.3, -0.25) is 0 Å². The summed E-state index contributed by atoms with van der Waals surface area (Å²) in [4.78, 5) is 12.8. The molecular formula is C12H12ClNO2. The molecule has 0 aromatic heterocycles. The average molecular weight is 238 g/mol. The summed E-state index contributed by atoms with van der Waals surface area (Å²) >= 11 is 6.08. The maximum atomic E-state index is 10.8. The van der Waals surface area contributed by atoms with Gasteiger partial charge in [0.25, 0.3) is 0 Å². The van der Waals surface area contributed by atoms with E-state index in [4.69, 9.17) is 16.7 Å². The monoisotopic (exact) mass is 237 g/mol. The van der Waals surface area contributed by atoms with E-state index in [9.17, 15) is 4.79 Å². The Hall–Kier alpha value is -1.48. The van der Waals surface area contributed by atoms with Gasteiger partial charge in [-0.05, 0) is 18.6 Å². The summed E-state index contributed by atoms with van der Waals surface area (Å²) < 4.78 is 0. The fraction of sp³-hybridized carbons (Fsp3) is 0.250. The number of carboxylic acid groups (broad SMARTS) is 1. The van der Waals surface area contributed by atoms with Crippen LogP contribution in [0.25, 0.3) is 0 Å². The number of rotatable bonds is 2. The van der Waals surface area contributed by atoms with Gasteiger partial charge in [0.05, 0.1) is 10.7 Å². The zero-order chi connectivity index (χ0) is 11.5. The number of aliphatic carboxylic acids is 1. The van der Waals surface area contributed by atoms with E-state index >= 15 is 0 Å². The van der Waals surface area contributed by atoms with Crippen molar-refractivity contribution in [2.75, 3.05) is 18.0 Å². The first-order valence-electron chi connectivity index (χ1n) is 5.10. The number of halogens is 1. The van der Waals surface area contributed by atoms with Gasteiger partial charge < -0.3 is 10.0 Å². The van der Waals surface area contributed by atoms with Crippen LogP contribution in [-0.2, 0) is 4.79 Å². The lowest BCUT2D eigenvalue weighted by atomic mass is 10.1. The SMILES string of the molecule is O=C(O)C1=CCN(c2ccccc2Cl)CC1. The molecule has 0 spiro atoms. The van der Waals surface area contributed by atoms with Gasteiger partial charge in [-0.2, -0.15) is 0 Å². The van der Waals surface area contributed by atoms with E-state index in [1.165, 1.54) is 0 Å². The Labute approximate surface area is 98.9 Å². The van der Waals surface area contributed by atoms with Crippen LogP contribution in [-0.4, -0.2) is 24.2 Å². The van der Waals surface area contributed by atoms with E-state index in [1.807, 2.05) is 24.3 Å². The van der Waals surface area contributed by atoms with Crippen LogP contribution >= 0.6 is 11.6 Å². The van der Waals surface area contributed by atoms with E-state index in [2.05, 4.69) is 4.90 Å². The van der Waals surface area contributed by atoms with Crippen LogP contribution in [0.15, 0.2) is 35.9 Å². The van der Waals surface area contributed by atoms with Crippen LogP contribution in [0.3, 0.4) is 0 Å². The molecule has 0 fully saturated rings. The number of carboxylic acids is 1. The first-order valence-corrected chi connectivity index (χ1v) is 5.48. The summed E-state index contributed by atoms with van der Waals surface area (Å²) in [5.74, 6) is -0.821. The van der Waals surface area contributed by atoms with Crippen LogP contribution in [0.5, 0.6) is 0 Å². The first-order chi connectivity index (χ1) is 7.68. The summed E-state index contributed by atoms with van der Waals surface area (Å²) in [6.07, 6.45) is 2.30. The van der Waals surface area contributed by atoms with Gasteiger partial charge in [-0.1, -0.05) is 29.8 Å². The molecule has 0 unspecified atom stereocenters. The molecule has 84 valence electrons. The second kappa shape index (κ2) is 4.58. The minimum Gasteiger partial charge on any atom is -0.478 e. The highest BCUT2D eigenvalue weighted by Crippen LogP contribution is 2.27. The predicted molar refractivity (Wildman–Crippen MR) is 64.0 cm³/mol. The molecule has 1 aromatic rings. The molecule has 0 aliphatic carbocycles. The molecule has 0 bridgehead atoms. The van der Waals surface area contributed by atoms with Gasteiger partial charge in [0.2, 0.25) is 0 Å². The van der Waals surface area contributed by atoms with E-state index in [0.29, 0.717) is 30.1 Å². The Bertz CT molecular complexity index is 442. The lowest BCUT2D eigenvalue weighted by Crippen LogP contribution is -2.30. The molecule has 0 radical (unpaired) electrons. The van der Waals surface area contributed by atoms with E-state index in [1.54, 1.807) is 6.08 Å². The summed E-state index contributed by atoms with van der Waals surface area (Å²) in [5, 5.41) is 9.54. The number of hydrogen-bond donors (Lipinski definition) is 1. The topological polar surface area (TPSA) is 40.5 Å². The van der Waals surface area contributed by atoms with Crippen molar-refractivity contribution in [1.82, 2.24) is 0 Å². The van der Waals surface area contributed by atoms with Gasteiger partial charge in [-0.15, -0.1) is 0 Å². The Morgan fingerprint density at radius 2 is 2.12 bits per heavy atom. The number of carbonyl (C=O) groups is 1. The molecule has 0 atom stereocenters. The Morgan fingerprint density at radius 3 is 2.69 bits per heavy atom. The number of para-hydroxylation sites is 1. The molecule has 3 nitrogen and oxygen atoms in total. The standard InChI is InChI=1S/C12H12ClNO2/c13-10-3-1-2-4-11(10)14-7-5-9(6-8-14)12(15)16/h1-5H,6-8H2,(H,15,16).